The predicted molar refractivity (Wildman–Crippen MR) is 81.4 cm³/mol. The van der Waals surface area contributed by atoms with E-state index in [1.165, 1.54) is 12.1 Å². The Hall–Kier alpha value is -1.36. The Morgan fingerprint density at radius 3 is 2.70 bits per heavy atom. The van der Waals surface area contributed by atoms with Gasteiger partial charge >= 0.3 is 0 Å². The minimum absolute atomic E-state index is 0.302. The van der Waals surface area contributed by atoms with E-state index in [4.69, 9.17) is 21.8 Å². The minimum Gasteiger partial charge on any atom is -0.459 e. The van der Waals surface area contributed by atoms with Crippen molar-refractivity contribution in [2.75, 3.05) is 0 Å². The van der Waals surface area contributed by atoms with E-state index in [0.29, 0.717) is 21.8 Å². The molecule has 0 fully saturated rings. The Balaban J connectivity index is 2.05. The van der Waals surface area contributed by atoms with E-state index < -0.39 is 6.04 Å². The lowest BCUT2D eigenvalue weighted by Crippen LogP contribution is -2.10. The maximum Gasteiger partial charge on any atom is 0.134 e. The van der Waals surface area contributed by atoms with E-state index >= 15 is 0 Å². The molecule has 102 valence electrons. The molecule has 0 radical (unpaired) electrons. The summed E-state index contributed by atoms with van der Waals surface area (Å²) in [5.74, 6) is 0.267. The number of fused-ring (bicyclic) bond motifs is 1. The van der Waals surface area contributed by atoms with Gasteiger partial charge in [-0.05, 0) is 48.0 Å². The van der Waals surface area contributed by atoms with Crippen LogP contribution in [0.25, 0.3) is 11.0 Å². The van der Waals surface area contributed by atoms with Gasteiger partial charge < -0.3 is 10.2 Å². The summed E-state index contributed by atoms with van der Waals surface area (Å²) >= 11 is 9.39. The standard InChI is InChI=1S/C15H10BrClFNO/c16-10-3-9(4-11(17)7-10)15(19)14-6-8-5-12(18)1-2-13(8)20-14/h1-7,15H,19H2. The topological polar surface area (TPSA) is 39.2 Å². The summed E-state index contributed by atoms with van der Waals surface area (Å²) < 4.78 is 19.7. The number of halogens is 3. The van der Waals surface area contributed by atoms with E-state index in [-0.39, 0.29) is 5.82 Å². The normalized spacial score (nSPS) is 12.8. The third kappa shape index (κ3) is 2.59. The molecule has 0 amide bonds. The maximum absolute atomic E-state index is 13.2. The van der Waals surface area contributed by atoms with Crippen LogP contribution in [0.3, 0.4) is 0 Å². The molecule has 2 aromatic carbocycles. The van der Waals surface area contributed by atoms with Gasteiger partial charge in [-0.15, -0.1) is 0 Å². The summed E-state index contributed by atoms with van der Waals surface area (Å²) in [5, 5.41) is 1.28. The fourth-order valence-corrected chi connectivity index (χ4v) is 2.99. The van der Waals surface area contributed by atoms with Crippen molar-refractivity contribution in [2.24, 2.45) is 5.73 Å². The zero-order chi connectivity index (χ0) is 14.3. The van der Waals surface area contributed by atoms with Gasteiger partial charge in [0.25, 0.3) is 0 Å². The van der Waals surface area contributed by atoms with E-state index in [2.05, 4.69) is 15.9 Å². The number of benzene rings is 2. The zero-order valence-corrected chi connectivity index (χ0v) is 12.6. The van der Waals surface area contributed by atoms with Gasteiger partial charge in [0.1, 0.15) is 17.2 Å². The molecular weight excluding hydrogens is 345 g/mol. The molecule has 2 N–H and O–H groups in total. The van der Waals surface area contributed by atoms with E-state index in [1.807, 2.05) is 6.07 Å². The molecule has 0 aliphatic rings. The van der Waals surface area contributed by atoms with Crippen LogP contribution in [0, 0.1) is 5.82 Å². The van der Waals surface area contributed by atoms with Crippen LogP contribution >= 0.6 is 27.5 Å². The van der Waals surface area contributed by atoms with Crippen molar-refractivity contribution in [3.63, 3.8) is 0 Å². The monoisotopic (exact) mass is 353 g/mol. The Bertz CT molecular complexity index is 766. The molecule has 0 saturated heterocycles. The lowest BCUT2D eigenvalue weighted by atomic mass is 10.1. The fourth-order valence-electron chi connectivity index (χ4n) is 2.11. The first-order chi connectivity index (χ1) is 9.52. The van der Waals surface area contributed by atoms with Gasteiger partial charge in [0.05, 0.1) is 6.04 Å². The first-order valence-electron chi connectivity index (χ1n) is 5.93. The van der Waals surface area contributed by atoms with Gasteiger partial charge in [-0.2, -0.15) is 0 Å². The van der Waals surface area contributed by atoms with Crippen LogP contribution in [-0.4, -0.2) is 0 Å². The molecule has 0 bridgehead atoms. The molecule has 1 aromatic heterocycles. The molecule has 3 aromatic rings. The molecule has 20 heavy (non-hydrogen) atoms. The number of furan rings is 1. The van der Waals surface area contributed by atoms with Gasteiger partial charge in [-0.1, -0.05) is 27.5 Å². The third-order valence-corrected chi connectivity index (χ3v) is 3.72. The van der Waals surface area contributed by atoms with Crippen LogP contribution in [0.4, 0.5) is 4.39 Å². The second-order valence-corrected chi connectivity index (χ2v) is 5.86. The summed E-state index contributed by atoms with van der Waals surface area (Å²) in [6, 6.07) is 11.1. The highest BCUT2D eigenvalue weighted by Crippen LogP contribution is 2.30. The smallest absolute Gasteiger partial charge is 0.134 e. The van der Waals surface area contributed by atoms with Crippen LogP contribution < -0.4 is 5.73 Å². The fraction of sp³-hybridized carbons (Fsp3) is 0.0667. The highest BCUT2D eigenvalue weighted by atomic mass is 79.9. The molecule has 1 unspecified atom stereocenters. The number of rotatable bonds is 2. The molecule has 0 aliphatic heterocycles. The first-order valence-corrected chi connectivity index (χ1v) is 7.10. The van der Waals surface area contributed by atoms with Crippen molar-refractivity contribution in [1.29, 1.82) is 0 Å². The van der Waals surface area contributed by atoms with Crippen molar-refractivity contribution in [3.8, 4) is 0 Å². The van der Waals surface area contributed by atoms with E-state index in [0.717, 1.165) is 10.0 Å². The van der Waals surface area contributed by atoms with Gasteiger partial charge in [0.2, 0.25) is 0 Å². The Kier molecular flexibility index (Phi) is 3.54. The van der Waals surface area contributed by atoms with Gasteiger partial charge in [-0.3, -0.25) is 0 Å². The largest absolute Gasteiger partial charge is 0.459 e. The second kappa shape index (κ2) is 5.20. The number of hydrogen-bond acceptors (Lipinski definition) is 2. The van der Waals surface area contributed by atoms with E-state index in [1.54, 1.807) is 24.3 Å². The predicted octanol–water partition coefficient (Wildman–Crippen LogP) is 5.04. The van der Waals surface area contributed by atoms with Crippen molar-refractivity contribution < 1.29 is 8.81 Å². The lowest BCUT2D eigenvalue weighted by Gasteiger charge is -2.10. The second-order valence-electron chi connectivity index (χ2n) is 4.51. The summed E-state index contributed by atoms with van der Waals surface area (Å²) in [4.78, 5) is 0. The Labute approximate surface area is 128 Å². The molecule has 1 atom stereocenters. The average molecular weight is 355 g/mol. The van der Waals surface area contributed by atoms with Crippen LogP contribution in [0.2, 0.25) is 5.02 Å². The molecule has 0 saturated carbocycles. The van der Waals surface area contributed by atoms with Crippen LogP contribution in [0.15, 0.2) is 51.4 Å². The maximum atomic E-state index is 13.2. The first kappa shape index (κ1) is 13.6. The molecular formula is C15H10BrClFNO. The summed E-state index contributed by atoms with van der Waals surface area (Å²) in [7, 11) is 0. The molecule has 0 spiro atoms. The Morgan fingerprint density at radius 1 is 1.15 bits per heavy atom. The van der Waals surface area contributed by atoms with Crippen molar-refractivity contribution in [3.05, 3.63) is 69.1 Å². The third-order valence-electron chi connectivity index (χ3n) is 3.05. The molecule has 5 heteroatoms. The average Bonchev–Trinajstić information content (AvgIpc) is 2.79. The van der Waals surface area contributed by atoms with Crippen molar-refractivity contribution in [1.82, 2.24) is 0 Å². The summed E-state index contributed by atoms with van der Waals surface area (Å²) in [6.07, 6.45) is 0. The minimum atomic E-state index is -0.458. The van der Waals surface area contributed by atoms with E-state index in [9.17, 15) is 4.39 Å². The van der Waals surface area contributed by atoms with Crippen LogP contribution in [0.5, 0.6) is 0 Å². The van der Waals surface area contributed by atoms with Gasteiger partial charge in [0, 0.05) is 14.9 Å². The SMILES string of the molecule is NC(c1cc(Cl)cc(Br)c1)c1cc2cc(F)ccc2o1. The number of nitrogens with two attached hydrogens (primary N) is 1. The molecule has 3 rings (SSSR count). The Morgan fingerprint density at radius 2 is 1.95 bits per heavy atom. The van der Waals surface area contributed by atoms with Gasteiger partial charge in [0.15, 0.2) is 0 Å². The van der Waals surface area contributed by atoms with Crippen molar-refractivity contribution in [2.45, 2.75) is 6.04 Å². The summed E-state index contributed by atoms with van der Waals surface area (Å²) in [5.41, 5.74) is 7.62. The molecule has 0 aliphatic carbocycles. The highest BCUT2D eigenvalue weighted by molar-refractivity contribution is 9.10. The molecule has 2 nitrogen and oxygen atoms in total. The quantitative estimate of drug-likeness (QED) is 0.700. The van der Waals surface area contributed by atoms with Crippen LogP contribution in [-0.2, 0) is 0 Å². The summed E-state index contributed by atoms with van der Waals surface area (Å²) in [6.45, 7) is 0. The lowest BCUT2D eigenvalue weighted by molar-refractivity contribution is 0.524. The van der Waals surface area contributed by atoms with Crippen molar-refractivity contribution >= 4 is 38.5 Å². The zero-order valence-electron chi connectivity index (χ0n) is 10.2. The van der Waals surface area contributed by atoms with Crippen LogP contribution in [0.1, 0.15) is 17.4 Å². The number of hydrogen-bond donors (Lipinski definition) is 1. The highest BCUT2D eigenvalue weighted by Gasteiger charge is 2.15. The van der Waals surface area contributed by atoms with Gasteiger partial charge in [-0.25, -0.2) is 4.39 Å². The molecule has 1 heterocycles.